The summed E-state index contributed by atoms with van der Waals surface area (Å²) in [6, 6.07) is 13.8. The number of carbonyl (C=O) groups excluding carboxylic acids is 3. The van der Waals surface area contributed by atoms with E-state index < -0.39 is 17.6 Å². The maximum atomic E-state index is 12.9. The van der Waals surface area contributed by atoms with E-state index in [9.17, 15) is 27.6 Å². The maximum Gasteiger partial charge on any atom is 0.416 e. The first kappa shape index (κ1) is 28.8. The van der Waals surface area contributed by atoms with Gasteiger partial charge in [0.25, 0.3) is 11.8 Å². The molecule has 2 aromatic carbocycles. The third-order valence-corrected chi connectivity index (χ3v) is 7.56. The van der Waals surface area contributed by atoms with Gasteiger partial charge in [0, 0.05) is 62.9 Å². The molecule has 210 valence electrons. The van der Waals surface area contributed by atoms with Gasteiger partial charge in [-0.25, -0.2) is 0 Å². The normalized spacial score (nSPS) is 19.6. The number of amides is 2. The van der Waals surface area contributed by atoms with E-state index in [-0.39, 0.29) is 29.7 Å². The zero-order chi connectivity index (χ0) is 28.0. The fourth-order valence-electron chi connectivity index (χ4n) is 5.33. The molecule has 0 aliphatic carbocycles. The monoisotopic (exact) mass is 544 g/mol. The predicted molar refractivity (Wildman–Crippen MR) is 141 cm³/mol. The summed E-state index contributed by atoms with van der Waals surface area (Å²) in [6.45, 7) is 7.60. The number of hydrogen-bond donors (Lipinski definition) is 1. The van der Waals surface area contributed by atoms with Crippen LogP contribution >= 0.6 is 0 Å². The number of hydrogen-bond acceptors (Lipinski definition) is 5. The second-order valence-electron chi connectivity index (χ2n) is 10.5. The molecule has 2 aromatic rings. The number of benzene rings is 2. The number of halogens is 3. The number of nitrogens with zero attached hydrogens (tertiary/aromatic N) is 3. The SMILES string of the molecule is CC(CN1CCN(C(=O)c2ccccc2)CC1)N1CC[C@@H](CC(=O)CNC(=O)c2cccc(C(F)(F)F)c2)C1. The minimum absolute atomic E-state index is 0.0707. The van der Waals surface area contributed by atoms with Crippen LogP contribution in [0, 0.1) is 5.92 Å². The molecule has 0 saturated carbocycles. The van der Waals surface area contributed by atoms with Gasteiger partial charge in [0.15, 0.2) is 5.78 Å². The molecule has 0 bridgehead atoms. The lowest BCUT2D eigenvalue weighted by molar-refractivity contribution is -0.137. The Balaban J connectivity index is 1.16. The Kier molecular flexibility index (Phi) is 9.40. The standard InChI is InChI=1S/C29H35F3N4O3/c1-21(19-34-12-14-35(15-13-34)28(39)23-6-3-2-4-7-23)36-11-10-22(20-36)16-26(37)18-33-27(38)24-8-5-9-25(17-24)29(30,31)32/h2-9,17,21-22H,10-16,18-20H2,1H3,(H,33,38)/t21?,22-/m0/s1. The van der Waals surface area contributed by atoms with Gasteiger partial charge in [-0.3, -0.25) is 24.2 Å². The first-order chi connectivity index (χ1) is 18.6. The summed E-state index contributed by atoms with van der Waals surface area (Å²) in [5.41, 5.74) is -0.305. The van der Waals surface area contributed by atoms with Crippen LogP contribution in [0.25, 0.3) is 0 Å². The van der Waals surface area contributed by atoms with E-state index >= 15 is 0 Å². The van der Waals surface area contributed by atoms with Gasteiger partial charge in [-0.1, -0.05) is 24.3 Å². The zero-order valence-electron chi connectivity index (χ0n) is 22.1. The molecule has 10 heteroatoms. The number of Topliss-reactive ketones (excluding diaryl/α,β-unsaturated/α-hetero) is 1. The van der Waals surface area contributed by atoms with Crippen molar-refractivity contribution in [2.45, 2.75) is 32.0 Å². The van der Waals surface area contributed by atoms with Crippen LogP contribution in [-0.4, -0.2) is 90.7 Å². The molecule has 0 spiro atoms. The van der Waals surface area contributed by atoms with E-state index in [2.05, 4.69) is 22.0 Å². The second kappa shape index (κ2) is 12.7. The van der Waals surface area contributed by atoms with Crippen molar-refractivity contribution in [2.75, 3.05) is 52.4 Å². The fourth-order valence-corrected chi connectivity index (χ4v) is 5.33. The third kappa shape index (κ3) is 7.89. The molecule has 2 fully saturated rings. The third-order valence-electron chi connectivity index (χ3n) is 7.56. The smallest absolute Gasteiger partial charge is 0.345 e. The highest BCUT2D eigenvalue weighted by atomic mass is 19.4. The van der Waals surface area contributed by atoms with Gasteiger partial charge in [-0.15, -0.1) is 0 Å². The van der Waals surface area contributed by atoms with Gasteiger partial charge in [-0.05, 0) is 56.1 Å². The summed E-state index contributed by atoms with van der Waals surface area (Å²) in [5.74, 6) is -0.567. The zero-order valence-corrected chi connectivity index (χ0v) is 22.1. The van der Waals surface area contributed by atoms with Crippen LogP contribution in [0.2, 0.25) is 0 Å². The van der Waals surface area contributed by atoms with Crippen LogP contribution < -0.4 is 5.32 Å². The highest BCUT2D eigenvalue weighted by Gasteiger charge is 2.32. The Morgan fingerprint density at radius 1 is 0.949 bits per heavy atom. The van der Waals surface area contributed by atoms with Crippen LogP contribution in [0.1, 0.15) is 46.0 Å². The van der Waals surface area contributed by atoms with Crippen LogP contribution in [0.3, 0.4) is 0 Å². The highest BCUT2D eigenvalue weighted by molar-refractivity contribution is 5.97. The lowest BCUT2D eigenvalue weighted by Gasteiger charge is -2.37. The fraction of sp³-hybridized carbons (Fsp3) is 0.483. The molecule has 39 heavy (non-hydrogen) atoms. The van der Waals surface area contributed by atoms with E-state index in [0.717, 1.165) is 51.3 Å². The van der Waals surface area contributed by atoms with Gasteiger partial charge in [0.05, 0.1) is 12.1 Å². The molecule has 0 aromatic heterocycles. The van der Waals surface area contributed by atoms with Gasteiger partial charge in [-0.2, -0.15) is 13.2 Å². The van der Waals surface area contributed by atoms with Crippen molar-refractivity contribution in [3.63, 3.8) is 0 Å². The lowest BCUT2D eigenvalue weighted by Crippen LogP contribution is -2.52. The largest absolute Gasteiger partial charge is 0.416 e. The van der Waals surface area contributed by atoms with Gasteiger partial charge in [0.2, 0.25) is 0 Å². The Hall–Kier alpha value is -3.24. The molecule has 2 amide bonds. The number of alkyl halides is 3. The molecule has 1 unspecified atom stereocenters. The molecule has 2 atom stereocenters. The van der Waals surface area contributed by atoms with Crippen molar-refractivity contribution in [3.8, 4) is 0 Å². The minimum Gasteiger partial charge on any atom is -0.345 e. The van der Waals surface area contributed by atoms with Gasteiger partial charge < -0.3 is 10.2 Å². The molecule has 0 radical (unpaired) electrons. The second-order valence-corrected chi connectivity index (χ2v) is 10.5. The first-order valence-corrected chi connectivity index (χ1v) is 13.4. The van der Waals surface area contributed by atoms with Gasteiger partial charge >= 0.3 is 6.18 Å². The van der Waals surface area contributed by atoms with Crippen molar-refractivity contribution in [1.29, 1.82) is 0 Å². The number of carbonyl (C=O) groups is 3. The molecule has 2 aliphatic rings. The summed E-state index contributed by atoms with van der Waals surface area (Å²) in [7, 11) is 0. The summed E-state index contributed by atoms with van der Waals surface area (Å²) in [5, 5.41) is 2.46. The van der Waals surface area contributed by atoms with E-state index in [4.69, 9.17) is 0 Å². The van der Waals surface area contributed by atoms with E-state index in [1.54, 1.807) is 0 Å². The van der Waals surface area contributed by atoms with Crippen LogP contribution in [0.5, 0.6) is 0 Å². The molecule has 2 heterocycles. The van der Waals surface area contributed by atoms with E-state index in [1.165, 1.54) is 12.1 Å². The summed E-state index contributed by atoms with van der Waals surface area (Å²) >= 11 is 0. The topological polar surface area (TPSA) is 73.0 Å². The number of ketones is 1. The molecule has 4 rings (SSSR count). The first-order valence-electron chi connectivity index (χ1n) is 13.4. The Morgan fingerprint density at radius 3 is 2.33 bits per heavy atom. The molecular formula is C29H35F3N4O3. The minimum atomic E-state index is -4.53. The number of rotatable bonds is 9. The summed E-state index contributed by atoms with van der Waals surface area (Å²) in [6.07, 6.45) is -3.32. The Morgan fingerprint density at radius 2 is 1.64 bits per heavy atom. The average Bonchev–Trinajstić information content (AvgIpc) is 3.40. The van der Waals surface area contributed by atoms with Crippen LogP contribution in [0.4, 0.5) is 13.2 Å². The molecule has 2 saturated heterocycles. The van der Waals surface area contributed by atoms with Gasteiger partial charge in [0.1, 0.15) is 0 Å². The number of nitrogens with one attached hydrogen (secondary N) is 1. The van der Waals surface area contributed by atoms with Crippen LogP contribution in [0.15, 0.2) is 54.6 Å². The van der Waals surface area contributed by atoms with Crippen molar-refractivity contribution in [2.24, 2.45) is 5.92 Å². The Bertz CT molecular complexity index is 1150. The number of likely N-dealkylation sites (tertiary alicyclic amines) is 1. The summed E-state index contributed by atoms with van der Waals surface area (Å²) < 4.78 is 38.7. The number of piperazine rings is 1. The molecule has 1 N–H and O–H groups in total. The van der Waals surface area contributed by atoms with Crippen molar-refractivity contribution in [3.05, 3.63) is 71.3 Å². The summed E-state index contributed by atoms with van der Waals surface area (Å²) in [4.78, 5) is 44.1. The maximum absolute atomic E-state index is 12.9. The van der Waals surface area contributed by atoms with E-state index in [0.29, 0.717) is 31.1 Å². The van der Waals surface area contributed by atoms with Crippen molar-refractivity contribution >= 4 is 17.6 Å². The molecular weight excluding hydrogens is 509 g/mol. The predicted octanol–water partition coefficient (Wildman–Crippen LogP) is 3.56. The average molecular weight is 545 g/mol. The van der Waals surface area contributed by atoms with Crippen molar-refractivity contribution < 1.29 is 27.6 Å². The van der Waals surface area contributed by atoms with Crippen molar-refractivity contribution in [1.82, 2.24) is 20.0 Å². The van der Waals surface area contributed by atoms with E-state index in [1.807, 2.05) is 35.2 Å². The lowest BCUT2D eigenvalue weighted by atomic mass is 10.0. The molecule has 7 nitrogen and oxygen atoms in total. The molecule has 2 aliphatic heterocycles. The van der Waals surface area contributed by atoms with Crippen LogP contribution in [-0.2, 0) is 11.0 Å². The quantitative estimate of drug-likeness (QED) is 0.523. The highest BCUT2D eigenvalue weighted by Crippen LogP contribution is 2.29. The Labute approximate surface area is 226 Å².